The van der Waals surface area contributed by atoms with E-state index in [-0.39, 0.29) is 24.8 Å². The SMILES string of the molecule is CC(O)(CCCn1ccc2cc(-c3ncc(C(F)(F)F)cn3)c(F)c(F)c2c1=O)Nc1cn[nH]c(=O)c1C(F)(F)F. The predicted octanol–water partition coefficient (Wildman–Crippen LogP) is 4.46. The van der Waals surface area contributed by atoms with Crippen LogP contribution in [0.2, 0.25) is 0 Å². The van der Waals surface area contributed by atoms with E-state index >= 15 is 0 Å². The van der Waals surface area contributed by atoms with Crippen molar-refractivity contribution in [3.05, 3.63) is 80.4 Å². The average molecular weight is 590 g/mol. The van der Waals surface area contributed by atoms with Crippen LogP contribution in [0.25, 0.3) is 22.2 Å². The van der Waals surface area contributed by atoms with Gasteiger partial charge < -0.3 is 15.0 Å². The summed E-state index contributed by atoms with van der Waals surface area (Å²) in [6.07, 6.45) is -7.41. The molecule has 4 aromatic rings. The van der Waals surface area contributed by atoms with Gasteiger partial charge in [0.25, 0.3) is 11.1 Å². The highest BCUT2D eigenvalue weighted by atomic mass is 19.4. The summed E-state index contributed by atoms with van der Waals surface area (Å²) in [6, 6.07) is 2.24. The van der Waals surface area contributed by atoms with Gasteiger partial charge in [0, 0.05) is 25.1 Å². The Hall–Kier alpha value is -4.41. The van der Waals surface area contributed by atoms with Crippen LogP contribution < -0.4 is 16.4 Å². The van der Waals surface area contributed by atoms with Crippen molar-refractivity contribution in [1.29, 1.82) is 0 Å². The lowest BCUT2D eigenvalue weighted by atomic mass is 10.1. The average Bonchev–Trinajstić information content (AvgIpc) is 2.86. The molecular weight excluding hydrogens is 572 g/mol. The number of nitrogens with one attached hydrogen (secondary N) is 2. The molecule has 1 unspecified atom stereocenters. The molecule has 0 spiro atoms. The summed E-state index contributed by atoms with van der Waals surface area (Å²) in [7, 11) is 0. The number of anilines is 1. The number of benzene rings is 1. The maximum atomic E-state index is 15.0. The van der Waals surface area contributed by atoms with E-state index in [0.29, 0.717) is 18.6 Å². The summed E-state index contributed by atoms with van der Waals surface area (Å²) in [5, 5.41) is 16.9. The second kappa shape index (κ2) is 10.5. The van der Waals surface area contributed by atoms with Crippen LogP contribution in [0.3, 0.4) is 0 Å². The summed E-state index contributed by atoms with van der Waals surface area (Å²) < 4.78 is 109. The number of nitrogens with zero attached hydrogens (tertiary/aromatic N) is 4. The number of aromatic nitrogens is 5. The lowest BCUT2D eigenvalue weighted by Gasteiger charge is -2.27. The van der Waals surface area contributed by atoms with Crippen LogP contribution in [0.4, 0.5) is 40.8 Å². The van der Waals surface area contributed by atoms with Gasteiger partial charge in [0.15, 0.2) is 17.5 Å². The highest BCUT2D eigenvalue weighted by Gasteiger charge is 2.38. The quantitative estimate of drug-likeness (QED) is 0.214. The van der Waals surface area contributed by atoms with Gasteiger partial charge in [0.2, 0.25) is 0 Å². The van der Waals surface area contributed by atoms with Gasteiger partial charge in [0.1, 0.15) is 11.3 Å². The third kappa shape index (κ3) is 6.18. The van der Waals surface area contributed by atoms with E-state index in [2.05, 4.69) is 20.4 Å². The summed E-state index contributed by atoms with van der Waals surface area (Å²) in [6.45, 7) is 0.939. The Labute approximate surface area is 223 Å². The van der Waals surface area contributed by atoms with Gasteiger partial charge in [-0.2, -0.15) is 31.4 Å². The standard InChI is InChI=1S/C24H18F8N6O3/c1-22(41,36-14-10-35-37-20(39)16(14)24(30,31)32)4-2-5-38-6-3-11-7-13(17(25)18(26)15(11)21(38)40)19-33-8-12(9-34-19)23(27,28)29/h3,6-10,41H,2,4-5H2,1H3,(H2,36,37,39). The summed E-state index contributed by atoms with van der Waals surface area (Å²) >= 11 is 0. The third-order valence-corrected chi connectivity index (χ3v) is 5.97. The first-order chi connectivity index (χ1) is 19.0. The summed E-state index contributed by atoms with van der Waals surface area (Å²) in [5.74, 6) is -3.69. The van der Waals surface area contributed by atoms with E-state index in [0.717, 1.165) is 17.6 Å². The molecule has 0 aliphatic carbocycles. The zero-order chi connectivity index (χ0) is 30.3. The second-order valence-corrected chi connectivity index (χ2v) is 9.11. The van der Waals surface area contributed by atoms with Gasteiger partial charge >= 0.3 is 12.4 Å². The molecule has 1 atom stereocenters. The minimum atomic E-state index is -5.05. The maximum Gasteiger partial charge on any atom is 0.423 e. The van der Waals surface area contributed by atoms with Gasteiger partial charge in [-0.15, -0.1) is 0 Å². The Morgan fingerprint density at radius 3 is 2.27 bits per heavy atom. The van der Waals surface area contributed by atoms with Gasteiger partial charge in [0.05, 0.1) is 28.4 Å². The van der Waals surface area contributed by atoms with Crippen molar-refractivity contribution in [1.82, 2.24) is 24.7 Å². The fraction of sp³-hybridized carbons (Fsp3) is 0.292. The first-order valence-electron chi connectivity index (χ1n) is 11.6. The minimum Gasteiger partial charge on any atom is -0.371 e. The molecule has 0 fully saturated rings. The number of aryl methyl sites for hydroxylation is 1. The van der Waals surface area contributed by atoms with E-state index < -0.39 is 74.4 Å². The zero-order valence-electron chi connectivity index (χ0n) is 20.7. The van der Waals surface area contributed by atoms with E-state index in [9.17, 15) is 49.8 Å². The van der Waals surface area contributed by atoms with E-state index in [4.69, 9.17) is 0 Å². The Balaban J connectivity index is 1.55. The molecule has 1 aromatic carbocycles. The van der Waals surface area contributed by atoms with Crippen molar-refractivity contribution in [2.24, 2.45) is 0 Å². The fourth-order valence-electron chi connectivity index (χ4n) is 4.05. The fourth-order valence-corrected chi connectivity index (χ4v) is 4.05. The van der Waals surface area contributed by atoms with Crippen molar-refractivity contribution >= 4 is 16.5 Å². The molecule has 3 heterocycles. The van der Waals surface area contributed by atoms with E-state index in [1.165, 1.54) is 12.3 Å². The lowest BCUT2D eigenvalue weighted by Crippen LogP contribution is -2.37. The molecule has 0 aliphatic rings. The van der Waals surface area contributed by atoms with Crippen LogP contribution >= 0.6 is 0 Å². The van der Waals surface area contributed by atoms with Crippen molar-refractivity contribution < 1.29 is 40.2 Å². The smallest absolute Gasteiger partial charge is 0.371 e. The number of fused-ring (bicyclic) bond motifs is 1. The largest absolute Gasteiger partial charge is 0.423 e. The Morgan fingerprint density at radius 1 is 1.00 bits per heavy atom. The zero-order valence-corrected chi connectivity index (χ0v) is 20.7. The number of pyridine rings is 1. The molecule has 0 radical (unpaired) electrons. The normalized spacial score (nSPS) is 13.8. The van der Waals surface area contributed by atoms with Crippen LogP contribution in [0.1, 0.15) is 30.9 Å². The number of halogens is 8. The topological polar surface area (TPSA) is 126 Å². The van der Waals surface area contributed by atoms with Crippen molar-refractivity contribution in [3.63, 3.8) is 0 Å². The number of rotatable bonds is 7. The number of hydrogen-bond acceptors (Lipinski definition) is 7. The predicted molar refractivity (Wildman–Crippen MR) is 127 cm³/mol. The Bertz CT molecular complexity index is 1710. The molecular formula is C24H18F8N6O3. The van der Waals surface area contributed by atoms with Crippen LogP contribution in [-0.2, 0) is 18.9 Å². The molecule has 17 heteroatoms. The number of aliphatic hydroxyl groups is 1. The van der Waals surface area contributed by atoms with Crippen molar-refractivity contribution in [2.75, 3.05) is 5.32 Å². The highest BCUT2D eigenvalue weighted by Crippen LogP contribution is 2.33. The maximum absolute atomic E-state index is 15.0. The van der Waals surface area contributed by atoms with Gasteiger partial charge in [-0.1, -0.05) is 0 Å². The number of H-pyrrole nitrogens is 1. The lowest BCUT2D eigenvalue weighted by molar-refractivity contribution is -0.139. The van der Waals surface area contributed by atoms with Gasteiger partial charge in [-0.25, -0.2) is 23.8 Å². The molecule has 218 valence electrons. The summed E-state index contributed by atoms with van der Waals surface area (Å²) in [4.78, 5) is 31.4. The molecule has 0 bridgehead atoms. The number of alkyl halides is 6. The van der Waals surface area contributed by atoms with E-state index in [1.54, 1.807) is 5.10 Å². The minimum absolute atomic E-state index is 0.0506. The summed E-state index contributed by atoms with van der Waals surface area (Å²) in [5.41, 5.74) is -8.67. The molecule has 0 amide bonds. The van der Waals surface area contributed by atoms with Crippen molar-refractivity contribution in [3.8, 4) is 11.4 Å². The monoisotopic (exact) mass is 590 g/mol. The molecule has 0 saturated carbocycles. The van der Waals surface area contributed by atoms with Crippen LogP contribution in [0.5, 0.6) is 0 Å². The van der Waals surface area contributed by atoms with E-state index in [1.807, 2.05) is 0 Å². The van der Waals surface area contributed by atoms with Crippen LogP contribution in [0.15, 0.2) is 46.5 Å². The third-order valence-electron chi connectivity index (χ3n) is 5.97. The molecule has 9 nitrogen and oxygen atoms in total. The van der Waals surface area contributed by atoms with Gasteiger partial charge in [-0.05, 0) is 37.3 Å². The molecule has 3 N–H and O–H groups in total. The Morgan fingerprint density at radius 2 is 1.66 bits per heavy atom. The molecule has 3 aromatic heterocycles. The first kappa shape index (κ1) is 29.6. The number of aromatic amines is 1. The van der Waals surface area contributed by atoms with Gasteiger partial charge in [-0.3, -0.25) is 9.59 Å². The second-order valence-electron chi connectivity index (χ2n) is 9.11. The van der Waals surface area contributed by atoms with Crippen molar-refractivity contribution in [2.45, 2.75) is 44.4 Å². The molecule has 41 heavy (non-hydrogen) atoms. The van der Waals surface area contributed by atoms with Crippen LogP contribution in [-0.4, -0.2) is 35.6 Å². The molecule has 0 aliphatic heterocycles. The van der Waals surface area contributed by atoms with Crippen LogP contribution in [0, 0.1) is 11.6 Å². The molecule has 4 rings (SSSR count). The molecule has 0 saturated heterocycles. The Kier molecular flexibility index (Phi) is 7.59. The number of hydrogen-bond donors (Lipinski definition) is 3. The highest BCUT2D eigenvalue weighted by molar-refractivity contribution is 5.86. The first-order valence-corrected chi connectivity index (χ1v) is 11.6.